The van der Waals surface area contributed by atoms with Crippen molar-refractivity contribution in [3.05, 3.63) is 91.7 Å². The van der Waals surface area contributed by atoms with Crippen molar-refractivity contribution in [1.29, 1.82) is 0 Å². The predicted molar refractivity (Wildman–Crippen MR) is 156 cm³/mol. The quantitative estimate of drug-likeness (QED) is 0.210. The number of nitrogens with zero attached hydrogens (tertiary/aromatic N) is 5. The number of amides is 1. The van der Waals surface area contributed by atoms with Gasteiger partial charge in [-0.2, -0.15) is 5.10 Å². The Labute approximate surface area is 233 Å². The molecular weight excluding hydrogens is 526 g/mol. The van der Waals surface area contributed by atoms with Crippen LogP contribution in [0.4, 0.5) is 17.2 Å². The molecule has 0 unspecified atom stereocenters. The van der Waals surface area contributed by atoms with E-state index >= 15 is 0 Å². The van der Waals surface area contributed by atoms with Gasteiger partial charge in [0.05, 0.1) is 12.5 Å². The highest BCUT2D eigenvalue weighted by atomic mass is 32.1. The van der Waals surface area contributed by atoms with Gasteiger partial charge >= 0.3 is 0 Å². The lowest BCUT2D eigenvalue weighted by Crippen LogP contribution is -2.07. The highest BCUT2D eigenvalue weighted by molar-refractivity contribution is 7.21. The summed E-state index contributed by atoms with van der Waals surface area (Å²) >= 11 is 1.53. The number of carbonyl (C=O) groups excluding carboxylic acids is 1. The van der Waals surface area contributed by atoms with Crippen LogP contribution in [0.25, 0.3) is 26.3 Å². The molecule has 0 aliphatic heterocycles. The van der Waals surface area contributed by atoms with Gasteiger partial charge in [-0.05, 0) is 66.6 Å². The Morgan fingerprint density at radius 2 is 1.90 bits per heavy atom. The topological polar surface area (TPSA) is 116 Å². The first-order chi connectivity index (χ1) is 19.5. The van der Waals surface area contributed by atoms with E-state index in [1.807, 2.05) is 61.7 Å². The van der Waals surface area contributed by atoms with E-state index in [9.17, 15) is 4.79 Å². The molecule has 10 nitrogen and oxygen atoms in total. The minimum atomic E-state index is -0.295. The van der Waals surface area contributed by atoms with Crippen LogP contribution < -0.4 is 20.1 Å². The SMILES string of the molecule is C=CC(=O)Nc1cc(OC)cc(-c2cc3c(Nc4ccc(Oc5ccn6ncnc6c5)c(C)c4)ncnc3s2)c1. The largest absolute Gasteiger partial charge is 0.497 e. The van der Waals surface area contributed by atoms with Crippen LogP contribution in [0.5, 0.6) is 17.2 Å². The van der Waals surface area contributed by atoms with Crippen molar-refractivity contribution in [1.82, 2.24) is 24.6 Å². The Morgan fingerprint density at radius 1 is 1.00 bits per heavy atom. The summed E-state index contributed by atoms with van der Waals surface area (Å²) in [6.07, 6.45) is 6.08. The first-order valence-electron chi connectivity index (χ1n) is 12.2. The monoisotopic (exact) mass is 549 g/mol. The van der Waals surface area contributed by atoms with Crippen LogP contribution in [0.1, 0.15) is 5.56 Å². The van der Waals surface area contributed by atoms with Crippen LogP contribution in [-0.2, 0) is 4.79 Å². The number of methoxy groups -OCH3 is 1. The molecule has 4 aromatic heterocycles. The molecule has 198 valence electrons. The Kier molecular flexibility index (Phi) is 6.54. The van der Waals surface area contributed by atoms with Gasteiger partial charge in [-0.3, -0.25) is 4.79 Å². The second-order valence-corrected chi connectivity index (χ2v) is 9.86. The molecule has 1 amide bonds. The van der Waals surface area contributed by atoms with E-state index in [1.165, 1.54) is 30.1 Å². The molecule has 4 heterocycles. The van der Waals surface area contributed by atoms with Gasteiger partial charge in [0.2, 0.25) is 5.91 Å². The number of hydrogen-bond acceptors (Lipinski definition) is 9. The highest BCUT2D eigenvalue weighted by Crippen LogP contribution is 2.38. The summed E-state index contributed by atoms with van der Waals surface area (Å²) in [6, 6.07) is 17.1. The van der Waals surface area contributed by atoms with Crippen LogP contribution >= 0.6 is 11.3 Å². The van der Waals surface area contributed by atoms with Crippen LogP contribution in [-0.4, -0.2) is 37.6 Å². The molecule has 0 saturated carbocycles. The Morgan fingerprint density at radius 3 is 2.73 bits per heavy atom. The van der Waals surface area contributed by atoms with Crippen LogP contribution in [0, 0.1) is 6.92 Å². The van der Waals surface area contributed by atoms with Crippen molar-refractivity contribution < 1.29 is 14.3 Å². The van der Waals surface area contributed by atoms with Gasteiger partial charge < -0.3 is 20.1 Å². The number of carbonyl (C=O) groups is 1. The lowest BCUT2D eigenvalue weighted by atomic mass is 10.1. The van der Waals surface area contributed by atoms with Gasteiger partial charge in [0.25, 0.3) is 0 Å². The average Bonchev–Trinajstić information content (AvgIpc) is 3.62. The summed E-state index contributed by atoms with van der Waals surface area (Å²) in [6.45, 7) is 5.50. The van der Waals surface area contributed by atoms with Gasteiger partial charge in [-0.15, -0.1) is 11.3 Å². The summed E-state index contributed by atoms with van der Waals surface area (Å²) < 4.78 is 13.2. The maximum atomic E-state index is 11.9. The Bertz CT molecular complexity index is 1900. The minimum absolute atomic E-state index is 0.295. The Hall–Kier alpha value is -5.29. The van der Waals surface area contributed by atoms with E-state index in [0.717, 1.165) is 37.7 Å². The number of aryl methyl sites for hydroxylation is 1. The van der Waals surface area contributed by atoms with Gasteiger partial charge in [-0.25, -0.2) is 19.5 Å². The molecule has 0 spiro atoms. The van der Waals surface area contributed by atoms with Crippen molar-refractivity contribution in [2.75, 3.05) is 17.7 Å². The molecule has 0 saturated heterocycles. The molecule has 11 heteroatoms. The molecular formula is C29H23N7O3S. The number of fused-ring (bicyclic) bond motifs is 2. The third-order valence-corrected chi connectivity index (χ3v) is 7.22. The summed E-state index contributed by atoms with van der Waals surface area (Å²) in [5.41, 5.74) is 4.02. The number of aromatic nitrogens is 5. The molecule has 0 aliphatic carbocycles. The van der Waals surface area contributed by atoms with Crippen molar-refractivity contribution >= 4 is 50.3 Å². The number of thiophene rings is 1. The van der Waals surface area contributed by atoms with E-state index in [-0.39, 0.29) is 5.91 Å². The third-order valence-electron chi connectivity index (χ3n) is 6.13. The zero-order chi connectivity index (χ0) is 27.6. The van der Waals surface area contributed by atoms with E-state index in [0.29, 0.717) is 28.7 Å². The Balaban J connectivity index is 1.26. The summed E-state index contributed by atoms with van der Waals surface area (Å²) in [5, 5.41) is 11.2. The van der Waals surface area contributed by atoms with Crippen molar-refractivity contribution in [2.24, 2.45) is 0 Å². The molecule has 40 heavy (non-hydrogen) atoms. The molecule has 6 aromatic rings. The van der Waals surface area contributed by atoms with Crippen LogP contribution in [0.3, 0.4) is 0 Å². The second-order valence-electron chi connectivity index (χ2n) is 8.83. The van der Waals surface area contributed by atoms with Crippen molar-refractivity contribution in [3.8, 4) is 27.7 Å². The molecule has 0 bridgehead atoms. The van der Waals surface area contributed by atoms with Crippen molar-refractivity contribution in [3.63, 3.8) is 0 Å². The zero-order valence-corrected chi connectivity index (χ0v) is 22.4. The van der Waals surface area contributed by atoms with Gasteiger partial charge in [-0.1, -0.05) is 6.58 Å². The number of rotatable bonds is 8. The van der Waals surface area contributed by atoms with E-state index in [4.69, 9.17) is 9.47 Å². The van der Waals surface area contributed by atoms with Gasteiger partial charge in [0.1, 0.15) is 40.6 Å². The fourth-order valence-corrected chi connectivity index (χ4v) is 5.17. The molecule has 2 aromatic carbocycles. The second kappa shape index (κ2) is 10.5. The predicted octanol–water partition coefficient (Wildman–Crippen LogP) is 6.38. The molecule has 0 atom stereocenters. The molecule has 6 rings (SSSR count). The maximum absolute atomic E-state index is 11.9. The standard InChI is InChI=1S/C29H23N7O3S/c1-4-27(37)34-20-10-18(11-22(12-20)38-3)25-14-23-28(31-15-32-29(23)40-25)35-19-5-6-24(17(2)9-19)39-21-7-8-36-26(13-21)30-16-33-36/h4-16H,1H2,2-3H3,(H,34,37)(H,31,32,35). The molecule has 0 radical (unpaired) electrons. The van der Waals surface area contributed by atoms with E-state index < -0.39 is 0 Å². The van der Waals surface area contributed by atoms with Crippen LogP contribution in [0.15, 0.2) is 86.1 Å². The molecule has 2 N–H and O–H groups in total. The van der Waals surface area contributed by atoms with E-state index in [1.54, 1.807) is 17.7 Å². The number of nitrogens with one attached hydrogen (secondary N) is 2. The fourth-order valence-electron chi connectivity index (χ4n) is 4.19. The number of ether oxygens (including phenoxy) is 2. The summed E-state index contributed by atoms with van der Waals surface area (Å²) in [4.78, 5) is 26.8. The number of anilines is 3. The number of pyridine rings is 1. The molecule has 0 fully saturated rings. The summed E-state index contributed by atoms with van der Waals surface area (Å²) in [7, 11) is 1.59. The first kappa shape index (κ1) is 25.0. The highest BCUT2D eigenvalue weighted by Gasteiger charge is 2.14. The van der Waals surface area contributed by atoms with Gasteiger partial charge in [0.15, 0.2) is 5.65 Å². The fraction of sp³-hybridized carbons (Fsp3) is 0.0690. The molecule has 0 aliphatic rings. The number of hydrogen-bond donors (Lipinski definition) is 2. The zero-order valence-electron chi connectivity index (χ0n) is 21.6. The number of benzene rings is 2. The smallest absolute Gasteiger partial charge is 0.247 e. The normalized spacial score (nSPS) is 10.9. The lowest BCUT2D eigenvalue weighted by molar-refractivity contribution is -0.111. The summed E-state index contributed by atoms with van der Waals surface area (Å²) in [5.74, 6) is 2.42. The van der Waals surface area contributed by atoms with Gasteiger partial charge in [0, 0.05) is 34.6 Å². The van der Waals surface area contributed by atoms with Crippen LogP contribution in [0.2, 0.25) is 0 Å². The average molecular weight is 550 g/mol. The lowest BCUT2D eigenvalue weighted by Gasteiger charge is -2.12. The van der Waals surface area contributed by atoms with Crippen molar-refractivity contribution in [2.45, 2.75) is 6.92 Å². The maximum Gasteiger partial charge on any atom is 0.247 e. The third kappa shape index (κ3) is 5.05. The van der Waals surface area contributed by atoms with E-state index in [2.05, 4.69) is 37.3 Å². The first-order valence-corrected chi connectivity index (χ1v) is 13.0. The minimum Gasteiger partial charge on any atom is -0.497 e.